The summed E-state index contributed by atoms with van der Waals surface area (Å²) < 4.78 is 10.4. The number of nitrogens with zero attached hydrogens (tertiary/aromatic N) is 3. The molecule has 1 fully saturated rings. The SMILES string of the molecule is CC(C)N(C(=O)OCOC(=O)C1=C(SC=Cc2scnc2CO)[C@H](C)[C@@H]2[C@@H]([C@@H](C)O)C(=O)N12)C(C)C. The summed E-state index contributed by atoms with van der Waals surface area (Å²) in [4.78, 5) is 46.8. The monoisotopic (exact) mass is 539 g/mol. The largest absolute Gasteiger partial charge is 0.423 e. The number of hydrogen-bond donors (Lipinski definition) is 2. The summed E-state index contributed by atoms with van der Waals surface area (Å²) in [6.45, 7) is 10.1. The Bertz CT molecular complexity index is 1040. The van der Waals surface area contributed by atoms with Gasteiger partial charge in [-0.25, -0.2) is 14.6 Å². The van der Waals surface area contributed by atoms with Crippen LogP contribution >= 0.6 is 23.1 Å². The zero-order valence-corrected chi connectivity index (χ0v) is 22.8. The van der Waals surface area contributed by atoms with Crippen molar-refractivity contribution in [2.75, 3.05) is 6.79 Å². The number of carbonyl (C=O) groups excluding carboxylic acids is 3. The standard InChI is InChI=1S/C24H33N3O7S2/c1-12(2)26(13(3)4)24(32)34-11-33-23(31)20-21(35-8-7-17-16(9-28)25-10-36-17)14(5)19-18(15(6)29)22(30)27(19)20/h7-8,10,12-15,18-19,28-29H,9,11H2,1-6H3/t14-,15-,18-,19-/m1/s1. The number of carbonyl (C=O) groups is 3. The predicted molar refractivity (Wildman–Crippen MR) is 136 cm³/mol. The number of fused-ring (bicyclic) bond motifs is 1. The third kappa shape index (κ3) is 5.46. The Hall–Kier alpha value is -2.41. The van der Waals surface area contributed by atoms with E-state index in [9.17, 15) is 24.6 Å². The van der Waals surface area contributed by atoms with Crippen LogP contribution in [0.15, 0.2) is 21.5 Å². The first-order chi connectivity index (χ1) is 17.0. The normalized spacial score (nSPS) is 22.3. The molecular weight excluding hydrogens is 506 g/mol. The maximum atomic E-state index is 13.1. The maximum absolute atomic E-state index is 13.1. The van der Waals surface area contributed by atoms with Gasteiger partial charge in [0.1, 0.15) is 5.70 Å². The first-order valence-corrected chi connectivity index (χ1v) is 13.5. The third-order valence-corrected chi connectivity index (χ3v) is 8.16. The first kappa shape index (κ1) is 28.2. The van der Waals surface area contributed by atoms with E-state index in [2.05, 4.69) is 4.98 Å². The molecule has 1 saturated heterocycles. The number of thioether (sulfide) groups is 1. The number of esters is 1. The van der Waals surface area contributed by atoms with Crippen molar-refractivity contribution < 1.29 is 34.1 Å². The molecule has 1 aromatic heterocycles. The molecule has 1 aromatic rings. The molecule has 0 spiro atoms. The van der Waals surface area contributed by atoms with Crippen LogP contribution < -0.4 is 0 Å². The van der Waals surface area contributed by atoms with Gasteiger partial charge in [-0.1, -0.05) is 18.7 Å². The van der Waals surface area contributed by atoms with Gasteiger partial charge in [0.2, 0.25) is 12.7 Å². The minimum atomic E-state index is -0.860. The highest BCUT2D eigenvalue weighted by Gasteiger charge is 2.60. The van der Waals surface area contributed by atoms with Gasteiger partial charge in [-0.2, -0.15) is 0 Å². The molecule has 12 heteroatoms. The average Bonchev–Trinajstić information content (AvgIpc) is 3.33. The molecule has 0 aromatic carbocycles. The van der Waals surface area contributed by atoms with Crippen molar-refractivity contribution >= 4 is 47.1 Å². The molecule has 36 heavy (non-hydrogen) atoms. The van der Waals surface area contributed by atoms with Crippen molar-refractivity contribution in [3.05, 3.63) is 32.1 Å². The van der Waals surface area contributed by atoms with Crippen LogP contribution in [0.3, 0.4) is 0 Å². The number of rotatable bonds is 10. The zero-order valence-electron chi connectivity index (χ0n) is 21.2. The Morgan fingerprint density at radius 3 is 2.50 bits per heavy atom. The summed E-state index contributed by atoms with van der Waals surface area (Å²) in [5, 5.41) is 21.3. The van der Waals surface area contributed by atoms with Crippen LogP contribution in [0.5, 0.6) is 0 Å². The Morgan fingerprint density at radius 2 is 1.92 bits per heavy atom. The highest BCUT2D eigenvalue weighted by molar-refractivity contribution is 8.06. The summed E-state index contributed by atoms with van der Waals surface area (Å²) >= 11 is 2.64. The van der Waals surface area contributed by atoms with Gasteiger partial charge in [0, 0.05) is 22.9 Å². The van der Waals surface area contributed by atoms with Crippen molar-refractivity contribution in [3.8, 4) is 0 Å². The molecular formula is C24H33N3O7S2. The van der Waals surface area contributed by atoms with Crippen LogP contribution in [0.4, 0.5) is 4.79 Å². The van der Waals surface area contributed by atoms with Crippen molar-refractivity contribution in [1.29, 1.82) is 0 Å². The lowest BCUT2D eigenvalue weighted by atomic mass is 9.79. The molecule has 4 atom stereocenters. The lowest BCUT2D eigenvalue weighted by Crippen LogP contribution is -2.63. The molecule has 3 heterocycles. The van der Waals surface area contributed by atoms with E-state index in [0.717, 1.165) is 4.88 Å². The lowest BCUT2D eigenvalue weighted by Gasteiger charge is -2.46. The molecule has 10 nitrogen and oxygen atoms in total. The van der Waals surface area contributed by atoms with Crippen molar-refractivity contribution in [2.45, 2.75) is 72.4 Å². The predicted octanol–water partition coefficient (Wildman–Crippen LogP) is 3.16. The van der Waals surface area contributed by atoms with E-state index in [0.29, 0.717) is 10.6 Å². The van der Waals surface area contributed by atoms with Gasteiger partial charge in [0.25, 0.3) is 0 Å². The number of ether oxygens (including phenoxy) is 2. The van der Waals surface area contributed by atoms with Gasteiger partial charge in [-0.15, -0.1) is 11.3 Å². The summed E-state index contributed by atoms with van der Waals surface area (Å²) in [6, 6.07) is -0.557. The van der Waals surface area contributed by atoms with Crippen LogP contribution in [0, 0.1) is 11.8 Å². The molecule has 0 radical (unpaired) electrons. The van der Waals surface area contributed by atoms with E-state index >= 15 is 0 Å². The van der Waals surface area contributed by atoms with E-state index in [1.165, 1.54) is 32.9 Å². The average molecular weight is 540 g/mol. The fraction of sp³-hybridized carbons (Fsp3) is 0.583. The first-order valence-electron chi connectivity index (χ1n) is 11.7. The highest BCUT2D eigenvalue weighted by Crippen LogP contribution is 2.51. The molecule has 0 unspecified atom stereocenters. The second-order valence-electron chi connectivity index (χ2n) is 9.26. The fourth-order valence-electron chi connectivity index (χ4n) is 4.67. The van der Waals surface area contributed by atoms with Crippen LogP contribution in [0.25, 0.3) is 6.08 Å². The van der Waals surface area contributed by atoms with E-state index in [1.807, 2.05) is 34.6 Å². The van der Waals surface area contributed by atoms with Crippen molar-refractivity contribution in [3.63, 3.8) is 0 Å². The Kier molecular flexibility index (Phi) is 9.20. The lowest BCUT2D eigenvalue weighted by molar-refractivity contribution is -0.166. The number of thiazole rings is 1. The molecule has 0 aliphatic carbocycles. The Labute approximate surface area is 219 Å². The fourth-order valence-corrected chi connectivity index (χ4v) is 6.44. The number of aliphatic hydroxyl groups is 2. The van der Waals surface area contributed by atoms with Gasteiger partial charge in [0.05, 0.1) is 40.8 Å². The Balaban J connectivity index is 1.78. The van der Waals surface area contributed by atoms with E-state index in [4.69, 9.17) is 9.47 Å². The summed E-state index contributed by atoms with van der Waals surface area (Å²) in [6.07, 6.45) is 0.325. The number of aliphatic hydroxyl groups excluding tert-OH is 2. The maximum Gasteiger partial charge on any atom is 0.413 e. The smallest absolute Gasteiger partial charge is 0.413 e. The van der Waals surface area contributed by atoms with Crippen LogP contribution in [0.1, 0.15) is 52.1 Å². The topological polar surface area (TPSA) is 130 Å². The molecule has 198 valence electrons. The molecule has 3 rings (SSSR count). The zero-order chi connectivity index (χ0) is 26.7. The van der Waals surface area contributed by atoms with E-state index < -0.39 is 30.9 Å². The highest BCUT2D eigenvalue weighted by atomic mass is 32.2. The number of aromatic nitrogens is 1. The number of hydrogen-bond acceptors (Lipinski definition) is 10. The molecule has 0 bridgehead atoms. The van der Waals surface area contributed by atoms with Gasteiger partial charge < -0.3 is 29.5 Å². The molecule has 2 amide bonds. The minimum Gasteiger partial charge on any atom is -0.423 e. The van der Waals surface area contributed by atoms with Crippen LogP contribution in [0.2, 0.25) is 0 Å². The van der Waals surface area contributed by atoms with Gasteiger partial charge in [0.15, 0.2) is 0 Å². The van der Waals surface area contributed by atoms with Crippen LogP contribution in [-0.4, -0.2) is 74.0 Å². The summed E-state index contributed by atoms with van der Waals surface area (Å²) in [5.41, 5.74) is 2.28. The Morgan fingerprint density at radius 1 is 1.25 bits per heavy atom. The van der Waals surface area contributed by atoms with E-state index in [-0.39, 0.29) is 42.3 Å². The van der Waals surface area contributed by atoms with E-state index in [1.54, 1.807) is 23.9 Å². The minimum absolute atomic E-state index is 0.0939. The molecule has 2 aliphatic heterocycles. The van der Waals surface area contributed by atoms with Gasteiger partial charge in [-0.3, -0.25) is 4.79 Å². The molecule has 2 aliphatic rings. The number of β-lactam (4-membered cyclic amide) rings is 1. The van der Waals surface area contributed by atoms with Crippen molar-refractivity contribution in [1.82, 2.24) is 14.8 Å². The van der Waals surface area contributed by atoms with Gasteiger partial charge >= 0.3 is 12.1 Å². The third-order valence-electron chi connectivity index (χ3n) is 6.23. The number of amides is 2. The quantitative estimate of drug-likeness (QED) is 0.262. The second kappa shape index (κ2) is 11.8. The van der Waals surface area contributed by atoms with Crippen molar-refractivity contribution in [2.24, 2.45) is 11.8 Å². The summed E-state index contributed by atoms with van der Waals surface area (Å²) in [5.74, 6) is -1.96. The molecule has 2 N–H and O–H groups in total. The van der Waals surface area contributed by atoms with Crippen LogP contribution in [-0.2, 0) is 25.7 Å². The molecule has 0 saturated carbocycles. The summed E-state index contributed by atoms with van der Waals surface area (Å²) in [7, 11) is 0. The van der Waals surface area contributed by atoms with Gasteiger partial charge in [-0.05, 0) is 46.1 Å². The second-order valence-corrected chi connectivity index (χ2v) is 11.1.